The first-order chi connectivity index (χ1) is 10.3. The van der Waals surface area contributed by atoms with Gasteiger partial charge in [-0.2, -0.15) is 4.98 Å². The first kappa shape index (κ1) is 16.7. The highest BCUT2D eigenvalue weighted by atomic mass is 16.6. The molecule has 2 unspecified atom stereocenters. The third kappa shape index (κ3) is 5.29. The predicted octanol–water partition coefficient (Wildman–Crippen LogP) is 2.16. The van der Waals surface area contributed by atoms with Crippen molar-refractivity contribution < 1.29 is 14.1 Å². The number of aryl methyl sites for hydroxylation is 1. The Morgan fingerprint density at radius 2 is 2.18 bits per heavy atom. The van der Waals surface area contributed by atoms with Gasteiger partial charge in [0.1, 0.15) is 5.60 Å². The van der Waals surface area contributed by atoms with Crippen LogP contribution in [0.25, 0.3) is 0 Å². The lowest BCUT2D eigenvalue weighted by Crippen LogP contribution is -2.40. The second-order valence-corrected chi connectivity index (χ2v) is 6.79. The SMILES string of the molecule is Cc1nc(CNC2CCCC2CNC(=O)OC(C)(C)C)no1. The number of aromatic nitrogens is 2. The van der Waals surface area contributed by atoms with E-state index in [0.717, 1.165) is 19.3 Å². The van der Waals surface area contributed by atoms with Crippen LogP contribution in [0, 0.1) is 12.8 Å². The lowest BCUT2D eigenvalue weighted by Gasteiger charge is -2.23. The van der Waals surface area contributed by atoms with Crippen molar-refractivity contribution in [1.82, 2.24) is 20.8 Å². The summed E-state index contributed by atoms with van der Waals surface area (Å²) >= 11 is 0. The van der Waals surface area contributed by atoms with E-state index in [9.17, 15) is 4.79 Å². The van der Waals surface area contributed by atoms with Gasteiger partial charge in [0.25, 0.3) is 0 Å². The van der Waals surface area contributed by atoms with Gasteiger partial charge in [-0.3, -0.25) is 0 Å². The van der Waals surface area contributed by atoms with Crippen LogP contribution < -0.4 is 10.6 Å². The first-order valence-corrected chi connectivity index (χ1v) is 7.83. The molecule has 2 rings (SSSR count). The van der Waals surface area contributed by atoms with Crippen molar-refractivity contribution >= 4 is 6.09 Å². The number of hydrogen-bond donors (Lipinski definition) is 2. The van der Waals surface area contributed by atoms with Crippen LogP contribution in [0.3, 0.4) is 0 Å². The molecular weight excluding hydrogens is 284 g/mol. The van der Waals surface area contributed by atoms with Gasteiger partial charge in [-0.05, 0) is 39.5 Å². The van der Waals surface area contributed by atoms with E-state index in [4.69, 9.17) is 9.26 Å². The molecule has 1 heterocycles. The molecule has 1 aromatic heterocycles. The number of hydrogen-bond acceptors (Lipinski definition) is 6. The fraction of sp³-hybridized carbons (Fsp3) is 0.800. The first-order valence-electron chi connectivity index (χ1n) is 7.83. The summed E-state index contributed by atoms with van der Waals surface area (Å²) in [6.45, 7) is 8.57. The van der Waals surface area contributed by atoms with E-state index >= 15 is 0 Å². The van der Waals surface area contributed by atoms with Crippen LogP contribution in [0.15, 0.2) is 4.52 Å². The van der Waals surface area contributed by atoms with Crippen LogP contribution in [0.5, 0.6) is 0 Å². The maximum absolute atomic E-state index is 11.7. The molecule has 0 aromatic carbocycles. The number of nitrogens with zero attached hydrogens (tertiary/aromatic N) is 2. The Morgan fingerprint density at radius 3 is 2.82 bits per heavy atom. The Hall–Kier alpha value is -1.63. The standard InChI is InChI=1S/C15H26N4O3/c1-10-18-13(19-22-10)9-16-12-7-5-6-11(12)8-17-14(20)21-15(2,3)4/h11-12,16H,5-9H2,1-4H3,(H,17,20). The van der Waals surface area contributed by atoms with Gasteiger partial charge in [0.2, 0.25) is 5.89 Å². The molecule has 0 radical (unpaired) electrons. The molecule has 1 fully saturated rings. The van der Waals surface area contributed by atoms with E-state index in [1.54, 1.807) is 6.92 Å². The van der Waals surface area contributed by atoms with Crippen LogP contribution in [0.1, 0.15) is 51.7 Å². The van der Waals surface area contributed by atoms with E-state index in [1.165, 1.54) is 0 Å². The molecule has 1 aliphatic rings. The van der Waals surface area contributed by atoms with Crippen LogP contribution >= 0.6 is 0 Å². The Kier molecular flexibility index (Phi) is 5.39. The van der Waals surface area contributed by atoms with Crippen LogP contribution in [0.4, 0.5) is 4.79 Å². The normalized spacial score (nSPS) is 21.8. The molecule has 1 amide bonds. The van der Waals surface area contributed by atoms with E-state index < -0.39 is 5.60 Å². The van der Waals surface area contributed by atoms with Gasteiger partial charge in [0.05, 0.1) is 6.54 Å². The summed E-state index contributed by atoms with van der Waals surface area (Å²) in [6.07, 6.45) is 2.99. The second-order valence-electron chi connectivity index (χ2n) is 6.79. The lowest BCUT2D eigenvalue weighted by atomic mass is 10.0. The van der Waals surface area contributed by atoms with Gasteiger partial charge in [-0.1, -0.05) is 11.6 Å². The van der Waals surface area contributed by atoms with Crippen molar-refractivity contribution in [3.05, 3.63) is 11.7 Å². The van der Waals surface area contributed by atoms with E-state index in [1.807, 2.05) is 20.8 Å². The van der Waals surface area contributed by atoms with Crippen molar-refractivity contribution in [3.8, 4) is 0 Å². The zero-order valence-electron chi connectivity index (χ0n) is 13.8. The molecule has 0 bridgehead atoms. The molecule has 7 nitrogen and oxygen atoms in total. The van der Waals surface area contributed by atoms with Crippen molar-refractivity contribution in [2.45, 2.75) is 65.1 Å². The quantitative estimate of drug-likeness (QED) is 0.866. The highest BCUT2D eigenvalue weighted by molar-refractivity contribution is 5.67. The summed E-state index contributed by atoms with van der Waals surface area (Å²) in [6, 6.07) is 0.355. The van der Waals surface area contributed by atoms with Gasteiger partial charge in [0.15, 0.2) is 5.82 Å². The summed E-state index contributed by atoms with van der Waals surface area (Å²) in [7, 11) is 0. The topological polar surface area (TPSA) is 89.3 Å². The summed E-state index contributed by atoms with van der Waals surface area (Å²) in [5, 5.41) is 10.2. The Morgan fingerprint density at radius 1 is 1.41 bits per heavy atom. The van der Waals surface area contributed by atoms with E-state index in [0.29, 0.717) is 36.8 Å². The van der Waals surface area contributed by atoms with Gasteiger partial charge in [-0.25, -0.2) is 4.79 Å². The second kappa shape index (κ2) is 7.09. The largest absolute Gasteiger partial charge is 0.444 e. The van der Waals surface area contributed by atoms with Crippen molar-refractivity contribution in [2.75, 3.05) is 6.54 Å². The van der Waals surface area contributed by atoms with E-state index in [2.05, 4.69) is 20.8 Å². The van der Waals surface area contributed by atoms with Crippen LogP contribution in [-0.4, -0.2) is 34.4 Å². The molecule has 2 atom stereocenters. The number of rotatable bonds is 5. The fourth-order valence-corrected chi connectivity index (χ4v) is 2.71. The third-order valence-corrected chi connectivity index (χ3v) is 3.66. The van der Waals surface area contributed by atoms with Crippen molar-refractivity contribution in [3.63, 3.8) is 0 Å². The van der Waals surface area contributed by atoms with Crippen LogP contribution in [0.2, 0.25) is 0 Å². The monoisotopic (exact) mass is 310 g/mol. The maximum atomic E-state index is 11.7. The molecule has 124 valence electrons. The molecule has 1 saturated carbocycles. The van der Waals surface area contributed by atoms with Gasteiger partial charge in [0, 0.05) is 19.5 Å². The van der Waals surface area contributed by atoms with Crippen molar-refractivity contribution in [2.24, 2.45) is 5.92 Å². The molecule has 0 spiro atoms. The zero-order chi connectivity index (χ0) is 16.2. The Bertz CT molecular complexity index is 495. The lowest BCUT2D eigenvalue weighted by molar-refractivity contribution is 0.0517. The number of nitrogens with one attached hydrogen (secondary N) is 2. The number of alkyl carbamates (subject to hydrolysis) is 1. The minimum absolute atomic E-state index is 0.355. The average Bonchev–Trinajstić information content (AvgIpc) is 3.00. The van der Waals surface area contributed by atoms with Gasteiger partial charge in [-0.15, -0.1) is 0 Å². The molecule has 1 aliphatic carbocycles. The molecule has 22 heavy (non-hydrogen) atoms. The number of carbonyl (C=O) groups is 1. The van der Waals surface area contributed by atoms with Crippen molar-refractivity contribution in [1.29, 1.82) is 0 Å². The molecule has 2 N–H and O–H groups in total. The van der Waals surface area contributed by atoms with Crippen LogP contribution in [-0.2, 0) is 11.3 Å². The fourth-order valence-electron chi connectivity index (χ4n) is 2.71. The Labute approximate surface area is 131 Å². The molecular formula is C15H26N4O3. The maximum Gasteiger partial charge on any atom is 0.407 e. The minimum atomic E-state index is -0.464. The van der Waals surface area contributed by atoms with E-state index in [-0.39, 0.29) is 6.09 Å². The summed E-state index contributed by atoms with van der Waals surface area (Å²) < 4.78 is 10.2. The predicted molar refractivity (Wildman–Crippen MR) is 81.2 cm³/mol. The summed E-state index contributed by atoms with van der Waals surface area (Å²) in [5.74, 6) is 1.65. The molecule has 7 heteroatoms. The van der Waals surface area contributed by atoms with Gasteiger partial charge < -0.3 is 19.9 Å². The highest BCUT2D eigenvalue weighted by Gasteiger charge is 2.28. The third-order valence-electron chi connectivity index (χ3n) is 3.66. The number of carbonyl (C=O) groups excluding carboxylic acids is 1. The molecule has 0 aliphatic heterocycles. The average molecular weight is 310 g/mol. The number of ether oxygens (including phenoxy) is 1. The smallest absolute Gasteiger partial charge is 0.407 e. The highest BCUT2D eigenvalue weighted by Crippen LogP contribution is 2.25. The Balaban J connectivity index is 1.74. The molecule has 1 aromatic rings. The number of amides is 1. The molecule has 0 saturated heterocycles. The zero-order valence-corrected chi connectivity index (χ0v) is 13.8. The van der Waals surface area contributed by atoms with Gasteiger partial charge >= 0.3 is 6.09 Å². The minimum Gasteiger partial charge on any atom is -0.444 e. The summed E-state index contributed by atoms with van der Waals surface area (Å²) in [4.78, 5) is 15.9. The summed E-state index contributed by atoms with van der Waals surface area (Å²) in [5.41, 5.74) is -0.464.